The number of likely N-dealkylation sites (tertiary alicyclic amines) is 1. The van der Waals surface area contributed by atoms with Crippen LogP contribution in [0.4, 0.5) is 0 Å². The number of carbonyl (C=O) groups is 1. The molecule has 0 atom stereocenters. The molecule has 1 aliphatic heterocycles. The predicted octanol–water partition coefficient (Wildman–Crippen LogP) is 1.42. The zero-order valence-corrected chi connectivity index (χ0v) is 13.0. The Balaban J connectivity index is 1.59. The molecule has 21 heavy (non-hydrogen) atoms. The molecule has 1 saturated heterocycles. The molecule has 4 nitrogen and oxygen atoms in total. The molecule has 0 saturated carbocycles. The van der Waals surface area contributed by atoms with Crippen molar-refractivity contribution in [2.45, 2.75) is 31.7 Å². The van der Waals surface area contributed by atoms with Crippen molar-refractivity contribution in [2.24, 2.45) is 0 Å². The van der Waals surface area contributed by atoms with Gasteiger partial charge in [0.15, 0.2) is 0 Å². The third-order valence-electron chi connectivity index (χ3n) is 4.21. The van der Waals surface area contributed by atoms with Crippen molar-refractivity contribution in [1.82, 2.24) is 15.5 Å². The van der Waals surface area contributed by atoms with Gasteiger partial charge in [-0.05, 0) is 37.9 Å². The number of piperidine rings is 1. The van der Waals surface area contributed by atoms with Crippen LogP contribution in [0.25, 0.3) is 0 Å². The highest BCUT2D eigenvalue weighted by Gasteiger charge is 2.18. The van der Waals surface area contributed by atoms with E-state index in [2.05, 4.69) is 45.9 Å². The van der Waals surface area contributed by atoms with Crippen molar-refractivity contribution in [3.8, 4) is 0 Å². The summed E-state index contributed by atoms with van der Waals surface area (Å²) in [4.78, 5) is 13.7. The smallest absolute Gasteiger partial charge is 0.221 e. The minimum atomic E-state index is 0.114. The molecule has 2 rings (SSSR count). The van der Waals surface area contributed by atoms with Crippen molar-refractivity contribution in [3.63, 3.8) is 0 Å². The summed E-state index contributed by atoms with van der Waals surface area (Å²) in [6, 6.07) is 11.3. The first-order valence-corrected chi connectivity index (χ1v) is 7.98. The normalized spacial score (nSPS) is 16.8. The second kappa shape index (κ2) is 8.80. The van der Waals surface area contributed by atoms with Gasteiger partial charge in [0, 0.05) is 32.6 Å². The Bertz CT molecular complexity index is 413. The van der Waals surface area contributed by atoms with E-state index < -0.39 is 0 Å². The minimum Gasteiger partial charge on any atom is -0.359 e. The maximum atomic E-state index is 11.2. The summed E-state index contributed by atoms with van der Waals surface area (Å²) < 4.78 is 0. The standard InChI is InChI=1S/C17H27N3O/c1-18-17(21)7-11-19-16-9-13-20(14-10-16)12-8-15-5-3-2-4-6-15/h2-6,16,19H,7-14H2,1H3,(H,18,21). The molecule has 4 heteroatoms. The molecule has 1 amide bonds. The maximum absolute atomic E-state index is 11.2. The average molecular weight is 289 g/mol. The first-order valence-electron chi connectivity index (χ1n) is 7.98. The molecule has 1 aromatic rings. The van der Waals surface area contributed by atoms with Crippen LogP contribution in [-0.2, 0) is 11.2 Å². The molecule has 0 spiro atoms. The van der Waals surface area contributed by atoms with Crippen LogP contribution in [0.3, 0.4) is 0 Å². The Morgan fingerprint density at radius 1 is 1.24 bits per heavy atom. The van der Waals surface area contributed by atoms with Crippen LogP contribution in [-0.4, -0.2) is 50.1 Å². The van der Waals surface area contributed by atoms with Gasteiger partial charge in [-0.25, -0.2) is 0 Å². The summed E-state index contributed by atoms with van der Waals surface area (Å²) in [6.45, 7) is 4.25. The van der Waals surface area contributed by atoms with Gasteiger partial charge in [-0.3, -0.25) is 4.79 Å². The second-order valence-corrected chi connectivity index (χ2v) is 5.73. The van der Waals surface area contributed by atoms with E-state index in [9.17, 15) is 4.79 Å². The van der Waals surface area contributed by atoms with Crippen LogP contribution in [0.15, 0.2) is 30.3 Å². The molecule has 0 aliphatic carbocycles. The van der Waals surface area contributed by atoms with Gasteiger partial charge in [0.2, 0.25) is 5.91 Å². The lowest BCUT2D eigenvalue weighted by Crippen LogP contribution is -2.43. The molecule has 0 bridgehead atoms. The zero-order valence-electron chi connectivity index (χ0n) is 13.0. The first-order chi connectivity index (χ1) is 10.3. The van der Waals surface area contributed by atoms with Gasteiger partial charge in [0.05, 0.1) is 0 Å². The topological polar surface area (TPSA) is 44.4 Å². The SMILES string of the molecule is CNC(=O)CCNC1CCN(CCc2ccccc2)CC1. The van der Waals surface area contributed by atoms with Crippen molar-refractivity contribution in [3.05, 3.63) is 35.9 Å². The molecule has 1 fully saturated rings. The number of nitrogens with zero attached hydrogens (tertiary/aromatic N) is 1. The van der Waals surface area contributed by atoms with Crippen LogP contribution in [0.2, 0.25) is 0 Å². The van der Waals surface area contributed by atoms with E-state index >= 15 is 0 Å². The lowest BCUT2D eigenvalue weighted by atomic mass is 10.0. The fourth-order valence-electron chi connectivity index (χ4n) is 2.81. The quantitative estimate of drug-likeness (QED) is 0.798. The monoisotopic (exact) mass is 289 g/mol. The Kier molecular flexibility index (Phi) is 6.70. The molecular weight excluding hydrogens is 262 g/mol. The lowest BCUT2D eigenvalue weighted by Gasteiger charge is -2.32. The first kappa shape index (κ1) is 16.0. The van der Waals surface area contributed by atoms with Crippen LogP contribution >= 0.6 is 0 Å². The molecule has 1 aromatic carbocycles. The Hall–Kier alpha value is -1.39. The van der Waals surface area contributed by atoms with Crippen molar-refractivity contribution in [2.75, 3.05) is 33.2 Å². The minimum absolute atomic E-state index is 0.114. The van der Waals surface area contributed by atoms with E-state index in [1.807, 2.05) is 0 Å². The molecule has 0 radical (unpaired) electrons. The van der Waals surface area contributed by atoms with Crippen LogP contribution < -0.4 is 10.6 Å². The van der Waals surface area contributed by atoms with Crippen LogP contribution in [0.1, 0.15) is 24.8 Å². The molecule has 0 aromatic heterocycles. The van der Waals surface area contributed by atoms with Gasteiger partial charge in [0.1, 0.15) is 0 Å². The summed E-state index contributed by atoms with van der Waals surface area (Å²) in [5.74, 6) is 0.114. The fourth-order valence-corrected chi connectivity index (χ4v) is 2.81. The van der Waals surface area contributed by atoms with Crippen molar-refractivity contribution >= 4 is 5.91 Å². The largest absolute Gasteiger partial charge is 0.359 e. The van der Waals surface area contributed by atoms with Gasteiger partial charge in [-0.15, -0.1) is 0 Å². The molecule has 0 unspecified atom stereocenters. The van der Waals surface area contributed by atoms with Gasteiger partial charge >= 0.3 is 0 Å². The third kappa shape index (κ3) is 5.86. The number of carbonyl (C=O) groups excluding carboxylic acids is 1. The van der Waals surface area contributed by atoms with Gasteiger partial charge in [0.25, 0.3) is 0 Å². The summed E-state index contributed by atoms with van der Waals surface area (Å²) in [5, 5.41) is 6.15. The summed E-state index contributed by atoms with van der Waals surface area (Å²) in [5.41, 5.74) is 1.42. The number of benzene rings is 1. The highest BCUT2D eigenvalue weighted by Crippen LogP contribution is 2.11. The number of amides is 1. The molecule has 1 heterocycles. The van der Waals surface area contributed by atoms with E-state index in [1.165, 1.54) is 18.4 Å². The fraction of sp³-hybridized carbons (Fsp3) is 0.588. The summed E-state index contributed by atoms with van der Waals surface area (Å²) in [7, 11) is 1.69. The Labute approximate surface area is 127 Å². The summed E-state index contributed by atoms with van der Waals surface area (Å²) >= 11 is 0. The molecule has 2 N–H and O–H groups in total. The van der Waals surface area contributed by atoms with E-state index in [1.54, 1.807) is 7.05 Å². The van der Waals surface area contributed by atoms with Gasteiger partial charge in [-0.2, -0.15) is 0 Å². The third-order valence-corrected chi connectivity index (χ3v) is 4.21. The van der Waals surface area contributed by atoms with Crippen molar-refractivity contribution < 1.29 is 4.79 Å². The van der Waals surface area contributed by atoms with Crippen molar-refractivity contribution in [1.29, 1.82) is 0 Å². The average Bonchev–Trinajstić information content (AvgIpc) is 2.55. The number of hydrogen-bond acceptors (Lipinski definition) is 3. The number of nitrogens with one attached hydrogen (secondary N) is 2. The van der Waals surface area contributed by atoms with E-state index in [0.29, 0.717) is 12.5 Å². The number of rotatable bonds is 7. The highest BCUT2D eigenvalue weighted by molar-refractivity contribution is 5.75. The maximum Gasteiger partial charge on any atom is 0.221 e. The predicted molar refractivity (Wildman–Crippen MR) is 86.3 cm³/mol. The Morgan fingerprint density at radius 2 is 1.95 bits per heavy atom. The van der Waals surface area contributed by atoms with E-state index in [0.717, 1.165) is 32.6 Å². The lowest BCUT2D eigenvalue weighted by molar-refractivity contribution is -0.120. The van der Waals surface area contributed by atoms with Gasteiger partial charge < -0.3 is 15.5 Å². The van der Waals surface area contributed by atoms with Crippen LogP contribution in [0, 0.1) is 0 Å². The Morgan fingerprint density at radius 3 is 2.62 bits per heavy atom. The van der Waals surface area contributed by atoms with Gasteiger partial charge in [-0.1, -0.05) is 30.3 Å². The van der Waals surface area contributed by atoms with E-state index in [-0.39, 0.29) is 5.91 Å². The van der Waals surface area contributed by atoms with E-state index in [4.69, 9.17) is 0 Å². The second-order valence-electron chi connectivity index (χ2n) is 5.73. The zero-order chi connectivity index (χ0) is 14.9. The molecule has 1 aliphatic rings. The summed E-state index contributed by atoms with van der Waals surface area (Å²) in [6.07, 6.45) is 4.07. The molecule has 116 valence electrons. The highest BCUT2D eigenvalue weighted by atomic mass is 16.1. The van der Waals surface area contributed by atoms with Crippen LogP contribution in [0.5, 0.6) is 0 Å². The number of hydrogen-bond donors (Lipinski definition) is 2. The molecular formula is C17H27N3O.